The summed E-state index contributed by atoms with van der Waals surface area (Å²) in [6.07, 6.45) is 2.30. The molecule has 2 aromatic rings. The number of carbonyl (C=O) groups excluding carboxylic acids is 2. The third kappa shape index (κ3) is 4.09. The van der Waals surface area contributed by atoms with E-state index < -0.39 is 0 Å². The second-order valence-corrected chi connectivity index (χ2v) is 8.35. The molecule has 0 atom stereocenters. The average Bonchev–Trinajstić information content (AvgIpc) is 3.06. The van der Waals surface area contributed by atoms with Crippen LogP contribution in [-0.4, -0.2) is 40.9 Å². The second kappa shape index (κ2) is 8.63. The fourth-order valence-electron chi connectivity index (χ4n) is 3.17. The largest absolute Gasteiger partial charge is 0.385 e. The molecule has 1 aliphatic heterocycles. The van der Waals surface area contributed by atoms with Crippen LogP contribution >= 0.6 is 27.7 Å². The SMILES string of the molecule is COCCCN1C(=O)S/C(=C/c2cc(C)n(-c3ccc(Br)cc3F)c2C)C1=O. The first-order valence-electron chi connectivity index (χ1n) is 8.72. The molecule has 148 valence electrons. The molecule has 0 bridgehead atoms. The molecule has 1 aromatic heterocycles. The van der Waals surface area contributed by atoms with Crippen LogP contribution in [-0.2, 0) is 9.53 Å². The van der Waals surface area contributed by atoms with Crippen LogP contribution in [0.25, 0.3) is 11.8 Å². The zero-order valence-electron chi connectivity index (χ0n) is 15.8. The number of halogens is 2. The van der Waals surface area contributed by atoms with Gasteiger partial charge in [-0.05, 0) is 67.9 Å². The maximum absolute atomic E-state index is 14.4. The van der Waals surface area contributed by atoms with Gasteiger partial charge in [-0.2, -0.15) is 0 Å². The molecule has 1 aliphatic rings. The lowest BCUT2D eigenvalue weighted by Crippen LogP contribution is -2.29. The lowest BCUT2D eigenvalue weighted by atomic mass is 10.2. The smallest absolute Gasteiger partial charge is 0.293 e. The summed E-state index contributed by atoms with van der Waals surface area (Å²) < 4.78 is 21.9. The summed E-state index contributed by atoms with van der Waals surface area (Å²) in [5, 5.41) is -0.278. The van der Waals surface area contributed by atoms with Crippen LogP contribution in [0.5, 0.6) is 0 Å². The van der Waals surface area contributed by atoms with E-state index in [1.54, 1.807) is 29.9 Å². The van der Waals surface area contributed by atoms with Gasteiger partial charge in [-0.1, -0.05) is 15.9 Å². The van der Waals surface area contributed by atoms with Crippen molar-refractivity contribution in [3.63, 3.8) is 0 Å². The highest BCUT2D eigenvalue weighted by molar-refractivity contribution is 9.10. The molecular formula is C20H20BrFN2O3S. The Hall–Kier alpha value is -1.90. The van der Waals surface area contributed by atoms with E-state index in [0.717, 1.165) is 28.7 Å². The van der Waals surface area contributed by atoms with Crippen molar-refractivity contribution in [2.45, 2.75) is 20.3 Å². The molecule has 0 aliphatic carbocycles. The molecule has 2 heterocycles. The van der Waals surface area contributed by atoms with Crippen LogP contribution in [0.4, 0.5) is 9.18 Å². The molecule has 1 saturated heterocycles. The Morgan fingerprint density at radius 1 is 1.25 bits per heavy atom. The number of aromatic nitrogens is 1. The number of carbonyl (C=O) groups is 2. The van der Waals surface area contributed by atoms with E-state index in [1.807, 2.05) is 19.9 Å². The van der Waals surface area contributed by atoms with Gasteiger partial charge in [0, 0.05) is 36.1 Å². The van der Waals surface area contributed by atoms with Crippen LogP contribution in [0.3, 0.4) is 0 Å². The van der Waals surface area contributed by atoms with Crippen LogP contribution in [0, 0.1) is 19.7 Å². The quantitative estimate of drug-likeness (QED) is 0.440. The first-order valence-corrected chi connectivity index (χ1v) is 10.3. The predicted molar refractivity (Wildman–Crippen MR) is 112 cm³/mol. The summed E-state index contributed by atoms with van der Waals surface area (Å²) in [6.45, 7) is 4.56. The summed E-state index contributed by atoms with van der Waals surface area (Å²) in [6, 6.07) is 6.78. The number of hydrogen-bond donors (Lipinski definition) is 0. The van der Waals surface area contributed by atoms with Crippen LogP contribution in [0.1, 0.15) is 23.4 Å². The van der Waals surface area contributed by atoms with E-state index >= 15 is 0 Å². The summed E-state index contributed by atoms with van der Waals surface area (Å²) >= 11 is 4.19. The van der Waals surface area contributed by atoms with Crippen LogP contribution in [0.2, 0.25) is 0 Å². The minimum atomic E-state index is -0.346. The van der Waals surface area contributed by atoms with Gasteiger partial charge in [-0.15, -0.1) is 0 Å². The Morgan fingerprint density at radius 3 is 2.68 bits per heavy atom. The van der Waals surface area contributed by atoms with E-state index in [0.29, 0.717) is 34.6 Å². The number of thioether (sulfide) groups is 1. The molecule has 0 saturated carbocycles. The minimum absolute atomic E-state index is 0.278. The number of nitrogens with zero attached hydrogens (tertiary/aromatic N) is 2. The van der Waals surface area contributed by atoms with Gasteiger partial charge >= 0.3 is 0 Å². The zero-order chi connectivity index (χ0) is 20.4. The summed E-state index contributed by atoms with van der Waals surface area (Å²) in [4.78, 5) is 26.4. The number of rotatable bonds is 6. The average molecular weight is 467 g/mol. The molecule has 1 aromatic carbocycles. The second-order valence-electron chi connectivity index (χ2n) is 6.44. The molecule has 0 spiro atoms. The van der Waals surface area contributed by atoms with Crippen molar-refractivity contribution in [1.29, 1.82) is 0 Å². The van der Waals surface area contributed by atoms with Gasteiger partial charge in [0.1, 0.15) is 5.82 Å². The van der Waals surface area contributed by atoms with E-state index in [9.17, 15) is 14.0 Å². The first kappa shape index (κ1) is 20.8. The van der Waals surface area contributed by atoms with Crippen LogP contribution < -0.4 is 0 Å². The van der Waals surface area contributed by atoms with Crippen molar-refractivity contribution in [2.75, 3.05) is 20.3 Å². The third-order valence-electron chi connectivity index (χ3n) is 4.51. The molecule has 28 heavy (non-hydrogen) atoms. The lowest BCUT2D eigenvalue weighted by molar-refractivity contribution is -0.122. The van der Waals surface area contributed by atoms with Crippen molar-refractivity contribution in [3.8, 4) is 5.69 Å². The Bertz CT molecular complexity index is 971. The van der Waals surface area contributed by atoms with Crippen molar-refractivity contribution < 1.29 is 18.7 Å². The molecule has 8 heteroatoms. The minimum Gasteiger partial charge on any atom is -0.385 e. The molecule has 0 unspecified atom stereocenters. The molecule has 0 N–H and O–H groups in total. The summed E-state index contributed by atoms with van der Waals surface area (Å²) in [5.41, 5.74) is 2.85. The summed E-state index contributed by atoms with van der Waals surface area (Å²) in [5.74, 6) is -0.646. The van der Waals surface area contributed by atoms with E-state index in [-0.39, 0.29) is 17.0 Å². The number of benzene rings is 1. The van der Waals surface area contributed by atoms with Gasteiger partial charge in [0.05, 0.1) is 10.6 Å². The maximum atomic E-state index is 14.4. The number of amides is 2. The predicted octanol–water partition coefficient (Wildman–Crippen LogP) is 5.07. The standard InChI is InChI=1S/C20H20BrFN2O3S/c1-12-9-14(13(2)24(12)17-6-5-15(21)11-16(17)22)10-18-19(25)23(20(26)28-18)7-4-8-27-3/h5-6,9-11H,4,7-8H2,1-3H3/b18-10+. The topological polar surface area (TPSA) is 51.5 Å². The fourth-order valence-corrected chi connectivity index (χ4v) is 4.36. The number of hydrogen-bond acceptors (Lipinski definition) is 4. The van der Waals surface area contributed by atoms with Crippen molar-refractivity contribution >= 4 is 44.9 Å². The Labute approximate surface area is 175 Å². The Balaban J connectivity index is 1.91. The van der Waals surface area contributed by atoms with Gasteiger partial charge < -0.3 is 9.30 Å². The monoisotopic (exact) mass is 466 g/mol. The van der Waals surface area contributed by atoms with E-state index in [1.165, 1.54) is 11.0 Å². The van der Waals surface area contributed by atoms with Gasteiger partial charge in [-0.25, -0.2) is 4.39 Å². The third-order valence-corrected chi connectivity index (χ3v) is 5.91. The highest BCUT2D eigenvalue weighted by Gasteiger charge is 2.34. The van der Waals surface area contributed by atoms with E-state index in [2.05, 4.69) is 15.9 Å². The van der Waals surface area contributed by atoms with Crippen molar-refractivity contribution in [2.24, 2.45) is 0 Å². The van der Waals surface area contributed by atoms with Crippen molar-refractivity contribution in [3.05, 3.63) is 56.4 Å². The number of aryl methyl sites for hydroxylation is 1. The highest BCUT2D eigenvalue weighted by atomic mass is 79.9. The number of methoxy groups -OCH3 is 1. The molecule has 5 nitrogen and oxygen atoms in total. The Morgan fingerprint density at radius 2 is 2.00 bits per heavy atom. The molecule has 0 radical (unpaired) electrons. The maximum Gasteiger partial charge on any atom is 0.293 e. The summed E-state index contributed by atoms with van der Waals surface area (Å²) in [7, 11) is 1.58. The van der Waals surface area contributed by atoms with Gasteiger partial charge in [0.25, 0.3) is 11.1 Å². The zero-order valence-corrected chi connectivity index (χ0v) is 18.2. The normalized spacial score (nSPS) is 15.9. The Kier molecular flexibility index (Phi) is 6.42. The van der Waals surface area contributed by atoms with Crippen molar-refractivity contribution in [1.82, 2.24) is 9.47 Å². The van der Waals surface area contributed by atoms with Gasteiger partial charge in [-0.3, -0.25) is 14.5 Å². The molecular weight excluding hydrogens is 447 g/mol. The number of imide groups is 1. The highest BCUT2D eigenvalue weighted by Crippen LogP contribution is 2.34. The van der Waals surface area contributed by atoms with Crippen LogP contribution in [0.15, 0.2) is 33.6 Å². The first-order chi connectivity index (χ1) is 13.3. The van der Waals surface area contributed by atoms with Gasteiger partial charge in [0.15, 0.2) is 0 Å². The van der Waals surface area contributed by atoms with E-state index in [4.69, 9.17) is 4.74 Å². The molecule has 3 rings (SSSR count). The number of ether oxygens (including phenoxy) is 1. The fraction of sp³-hybridized carbons (Fsp3) is 0.300. The lowest BCUT2D eigenvalue weighted by Gasteiger charge is -2.11. The van der Waals surface area contributed by atoms with Gasteiger partial charge in [0.2, 0.25) is 0 Å². The molecule has 2 amide bonds. The molecule has 1 fully saturated rings.